The minimum absolute atomic E-state index is 0.0231. The van der Waals surface area contributed by atoms with Crippen molar-refractivity contribution in [3.05, 3.63) is 77.1 Å². The molecule has 0 radical (unpaired) electrons. The van der Waals surface area contributed by atoms with Crippen molar-refractivity contribution in [2.24, 2.45) is 0 Å². The Morgan fingerprint density at radius 3 is 2.34 bits per heavy atom. The second-order valence-electron chi connectivity index (χ2n) is 9.43. The third-order valence-corrected chi connectivity index (χ3v) is 6.69. The van der Waals surface area contributed by atoms with Crippen molar-refractivity contribution in [2.45, 2.75) is 52.0 Å². The van der Waals surface area contributed by atoms with Crippen LogP contribution in [-0.4, -0.2) is 45.5 Å². The van der Waals surface area contributed by atoms with Crippen molar-refractivity contribution in [2.75, 3.05) is 23.7 Å². The number of nitrogens with one attached hydrogen (secondary N) is 2. The highest BCUT2D eigenvalue weighted by Crippen LogP contribution is 2.29. The summed E-state index contributed by atoms with van der Waals surface area (Å²) in [5.74, 6) is -0.381. The number of amides is 3. The van der Waals surface area contributed by atoms with Gasteiger partial charge in [-0.05, 0) is 79.6 Å². The number of likely N-dealkylation sites (tertiary alicyclic amines) is 1. The molecule has 38 heavy (non-hydrogen) atoms. The number of carbonyl (C=O) groups excluding carboxylic acids is 3. The van der Waals surface area contributed by atoms with E-state index >= 15 is 0 Å². The molecule has 1 aliphatic heterocycles. The van der Waals surface area contributed by atoms with Crippen LogP contribution in [0.2, 0.25) is 0 Å². The van der Waals surface area contributed by atoms with Gasteiger partial charge in [-0.2, -0.15) is 13.9 Å². The summed E-state index contributed by atoms with van der Waals surface area (Å²) >= 11 is 0. The van der Waals surface area contributed by atoms with Crippen molar-refractivity contribution in [3.63, 3.8) is 0 Å². The molecule has 4 rings (SSSR count). The predicted octanol–water partition coefficient (Wildman–Crippen LogP) is 5.60. The van der Waals surface area contributed by atoms with Gasteiger partial charge in [-0.3, -0.25) is 14.4 Å². The van der Waals surface area contributed by atoms with Gasteiger partial charge in [0.1, 0.15) is 0 Å². The Bertz CT molecular complexity index is 1300. The maximum atomic E-state index is 12.8. The number of rotatable bonds is 8. The van der Waals surface area contributed by atoms with E-state index in [2.05, 4.69) is 15.7 Å². The number of halogens is 2. The second kappa shape index (κ2) is 12.0. The van der Waals surface area contributed by atoms with Gasteiger partial charge in [0.15, 0.2) is 5.69 Å². The first-order chi connectivity index (χ1) is 18.2. The van der Waals surface area contributed by atoms with Crippen LogP contribution in [0.1, 0.15) is 77.0 Å². The number of aromatic nitrogens is 2. The number of anilines is 2. The number of piperidine rings is 1. The summed E-state index contributed by atoms with van der Waals surface area (Å²) in [6.45, 7) is 2.04. The lowest BCUT2D eigenvalue weighted by atomic mass is 9.89. The first-order valence-electron chi connectivity index (χ1n) is 12.7. The van der Waals surface area contributed by atoms with Gasteiger partial charge in [0, 0.05) is 42.6 Å². The average Bonchev–Trinajstić information content (AvgIpc) is 3.41. The Balaban J connectivity index is 1.30. The summed E-state index contributed by atoms with van der Waals surface area (Å²) in [5, 5.41) is 9.44. The van der Waals surface area contributed by atoms with Gasteiger partial charge < -0.3 is 15.5 Å². The third kappa shape index (κ3) is 6.42. The lowest BCUT2D eigenvalue weighted by Gasteiger charge is -2.32. The van der Waals surface area contributed by atoms with Crippen LogP contribution in [-0.2, 0) is 4.79 Å². The van der Waals surface area contributed by atoms with Crippen molar-refractivity contribution in [1.82, 2.24) is 14.7 Å². The number of benzene rings is 2. The third-order valence-electron chi connectivity index (χ3n) is 6.69. The molecule has 0 atom stereocenters. The maximum Gasteiger partial charge on any atom is 0.333 e. The molecule has 1 fully saturated rings. The van der Waals surface area contributed by atoms with E-state index in [9.17, 15) is 23.2 Å². The zero-order chi connectivity index (χ0) is 27.2. The Hall–Kier alpha value is -4.08. The van der Waals surface area contributed by atoms with Crippen molar-refractivity contribution in [3.8, 4) is 0 Å². The van der Waals surface area contributed by atoms with Crippen LogP contribution >= 0.6 is 0 Å². The zero-order valence-corrected chi connectivity index (χ0v) is 21.4. The number of carbonyl (C=O) groups is 3. The highest BCUT2D eigenvalue weighted by molar-refractivity contribution is 6.05. The van der Waals surface area contributed by atoms with E-state index in [0.717, 1.165) is 36.6 Å². The van der Waals surface area contributed by atoms with E-state index in [1.54, 1.807) is 23.1 Å². The Morgan fingerprint density at radius 2 is 1.74 bits per heavy atom. The molecule has 1 aliphatic rings. The molecule has 2 aromatic carbocycles. The van der Waals surface area contributed by atoms with Crippen LogP contribution in [0.15, 0.2) is 54.7 Å². The standard InChI is InChI=1S/C28H31F2N5O3/c1-3-4-25(36)32-23-10-7-21(17-18(23)2)26(37)31-22-8-5-19(6-9-22)20-11-14-34(15-12-20)27(38)24-13-16-35(33-24)28(29)30/h5-10,13,16-17,20,28H,3-4,11-12,14-15H2,1-2H3,(H,31,37)(H,32,36). The Morgan fingerprint density at radius 1 is 1.03 bits per heavy atom. The molecule has 2 heterocycles. The highest BCUT2D eigenvalue weighted by Gasteiger charge is 2.26. The molecule has 0 bridgehead atoms. The number of hydrogen-bond acceptors (Lipinski definition) is 4. The summed E-state index contributed by atoms with van der Waals surface area (Å²) in [6, 6.07) is 14.1. The Labute approximate surface area is 220 Å². The summed E-state index contributed by atoms with van der Waals surface area (Å²) in [4.78, 5) is 38.9. The lowest BCUT2D eigenvalue weighted by Crippen LogP contribution is -2.38. The first kappa shape index (κ1) is 27.0. The molecule has 0 aliphatic carbocycles. The molecule has 200 valence electrons. The van der Waals surface area contributed by atoms with Gasteiger partial charge in [-0.25, -0.2) is 4.68 Å². The van der Waals surface area contributed by atoms with Gasteiger partial charge in [0.25, 0.3) is 11.8 Å². The van der Waals surface area contributed by atoms with Crippen molar-refractivity contribution in [1.29, 1.82) is 0 Å². The van der Waals surface area contributed by atoms with Crippen molar-refractivity contribution < 1.29 is 23.2 Å². The number of nitrogens with zero attached hydrogens (tertiary/aromatic N) is 3. The minimum atomic E-state index is -2.77. The molecule has 3 aromatic rings. The molecule has 1 aromatic heterocycles. The monoisotopic (exact) mass is 523 g/mol. The average molecular weight is 524 g/mol. The van der Waals surface area contributed by atoms with Crippen LogP contribution < -0.4 is 10.6 Å². The molecule has 8 nitrogen and oxygen atoms in total. The van der Waals surface area contributed by atoms with E-state index in [1.165, 1.54) is 6.07 Å². The highest BCUT2D eigenvalue weighted by atomic mass is 19.3. The fourth-order valence-electron chi connectivity index (χ4n) is 4.57. The molecule has 0 unspecified atom stereocenters. The van der Waals surface area contributed by atoms with E-state index < -0.39 is 6.55 Å². The topological polar surface area (TPSA) is 96.3 Å². The SMILES string of the molecule is CCCC(=O)Nc1ccc(C(=O)Nc2ccc(C3CCN(C(=O)c4ccn(C(F)F)n4)CC3)cc2)cc1C. The van der Waals surface area contributed by atoms with Crippen LogP contribution in [0.4, 0.5) is 20.2 Å². The minimum Gasteiger partial charge on any atom is -0.337 e. The van der Waals surface area contributed by atoms with Crippen LogP contribution in [0.5, 0.6) is 0 Å². The molecule has 2 N–H and O–H groups in total. The van der Waals surface area contributed by atoms with Gasteiger partial charge in [-0.1, -0.05) is 19.1 Å². The van der Waals surface area contributed by atoms with Gasteiger partial charge >= 0.3 is 6.55 Å². The number of alkyl halides is 2. The second-order valence-corrected chi connectivity index (χ2v) is 9.43. The summed E-state index contributed by atoms with van der Waals surface area (Å²) in [7, 11) is 0. The van der Waals surface area contributed by atoms with Gasteiger partial charge in [-0.15, -0.1) is 0 Å². The molecule has 0 saturated carbocycles. The number of aryl methyl sites for hydroxylation is 1. The Kier molecular flexibility index (Phi) is 8.50. The van der Waals surface area contributed by atoms with Crippen LogP contribution in [0.25, 0.3) is 0 Å². The molecule has 0 spiro atoms. The zero-order valence-electron chi connectivity index (χ0n) is 21.4. The summed E-state index contributed by atoms with van der Waals surface area (Å²) in [6.07, 6.45) is 3.81. The van der Waals surface area contributed by atoms with Gasteiger partial charge in [0.05, 0.1) is 0 Å². The number of hydrogen-bond donors (Lipinski definition) is 2. The smallest absolute Gasteiger partial charge is 0.333 e. The van der Waals surface area contributed by atoms with Gasteiger partial charge in [0.2, 0.25) is 5.91 Å². The van der Waals surface area contributed by atoms with Crippen molar-refractivity contribution >= 4 is 29.1 Å². The summed E-state index contributed by atoms with van der Waals surface area (Å²) in [5.41, 5.74) is 3.80. The lowest BCUT2D eigenvalue weighted by molar-refractivity contribution is -0.116. The van der Waals surface area contributed by atoms with Crippen LogP contribution in [0.3, 0.4) is 0 Å². The van der Waals surface area contributed by atoms with E-state index in [0.29, 0.717) is 41.1 Å². The van der Waals surface area contributed by atoms with E-state index in [4.69, 9.17) is 0 Å². The quantitative estimate of drug-likeness (QED) is 0.402. The van der Waals surface area contributed by atoms with E-state index in [1.807, 2.05) is 38.1 Å². The maximum absolute atomic E-state index is 12.8. The molecular weight excluding hydrogens is 492 g/mol. The molecule has 10 heteroatoms. The van der Waals surface area contributed by atoms with Crippen LogP contribution in [0, 0.1) is 6.92 Å². The molecule has 3 amide bonds. The molecule has 1 saturated heterocycles. The largest absolute Gasteiger partial charge is 0.337 e. The fraction of sp³-hybridized carbons (Fsp3) is 0.357. The molecular formula is C28H31F2N5O3. The fourth-order valence-corrected chi connectivity index (χ4v) is 4.57. The van der Waals surface area contributed by atoms with E-state index in [-0.39, 0.29) is 29.3 Å². The first-order valence-corrected chi connectivity index (χ1v) is 12.7. The summed E-state index contributed by atoms with van der Waals surface area (Å²) < 4.78 is 26.0. The normalized spacial score (nSPS) is 14.0. The predicted molar refractivity (Wildman–Crippen MR) is 140 cm³/mol.